The molecule has 1 unspecified atom stereocenters. The number of hydrogen-bond donors (Lipinski definition) is 1. The molecule has 4 nitrogen and oxygen atoms in total. The van der Waals surface area contributed by atoms with Gasteiger partial charge in [0, 0.05) is 31.8 Å². The first-order valence-electron chi connectivity index (χ1n) is 6.48. The molecule has 17 heavy (non-hydrogen) atoms. The molecule has 1 aromatic rings. The minimum atomic E-state index is 0.379. The van der Waals surface area contributed by atoms with Crippen LogP contribution in [0, 0.1) is 6.92 Å². The van der Waals surface area contributed by atoms with Crippen molar-refractivity contribution in [1.29, 1.82) is 0 Å². The summed E-state index contributed by atoms with van der Waals surface area (Å²) in [5.41, 5.74) is 2.34. The van der Waals surface area contributed by atoms with E-state index in [9.17, 15) is 0 Å². The fourth-order valence-electron chi connectivity index (χ4n) is 1.91. The average Bonchev–Trinajstić information content (AvgIpc) is 2.61. The van der Waals surface area contributed by atoms with Gasteiger partial charge in [0.1, 0.15) is 0 Å². The Hall–Kier alpha value is -0.870. The third-order valence-corrected chi connectivity index (χ3v) is 2.76. The Morgan fingerprint density at radius 1 is 1.47 bits per heavy atom. The Bertz CT molecular complexity index is 314. The van der Waals surface area contributed by atoms with Crippen molar-refractivity contribution < 1.29 is 4.74 Å². The van der Waals surface area contributed by atoms with Crippen LogP contribution >= 0.6 is 0 Å². The Labute approximate surface area is 104 Å². The number of ether oxygens (including phenoxy) is 1. The van der Waals surface area contributed by atoms with Crippen LogP contribution in [0.15, 0.2) is 6.07 Å². The second-order valence-electron chi connectivity index (χ2n) is 4.42. The van der Waals surface area contributed by atoms with Crippen molar-refractivity contribution >= 4 is 0 Å². The van der Waals surface area contributed by atoms with Crippen molar-refractivity contribution in [3.05, 3.63) is 17.5 Å². The molecule has 1 rings (SSSR count). The maximum Gasteiger partial charge on any atom is 0.0623 e. The van der Waals surface area contributed by atoms with Crippen LogP contribution in [-0.4, -0.2) is 35.6 Å². The molecule has 0 bridgehead atoms. The third-order valence-electron chi connectivity index (χ3n) is 2.76. The summed E-state index contributed by atoms with van der Waals surface area (Å²) in [6.07, 6.45) is 2.12. The monoisotopic (exact) mass is 239 g/mol. The molecular weight excluding hydrogens is 214 g/mol. The summed E-state index contributed by atoms with van der Waals surface area (Å²) in [6.45, 7) is 8.81. The summed E-state index contributed by atoms with van der Waals surface area (Å²) < 4.78 is 7.48. The normalized spacial score (nSPS) is 12.9. The molecule has 0 aliphatic heterocycles. The van der Waals surface area contributed by atoms with E-state index < -0.39 is 0 Å². The predicted octanol–water partition coefficient (Wildman–Crippen LogP) is 1.68. The van der Waals surface area contributed by atoms with Gasteiger partial charge in [-0.1, -0.05) is 6.92 Å². The van der Waals surface area contributed by atoms with Crippen LogP contribution in [0.25, 0.3) is 0 Å². The summed E-state index contributed by atoms with van der Waals surface area (Å²) in [7, 11) is 2.00. The zero-order valence-corrected chi connectivity index (χ0v) is 11.5. The van der Waals surface area contributed by atoms with E-state index in [1.54, 1.807) is 0 Å². The minimum Gasteiger partial charge on any atom is -0.380 e. The molecule has 0 aromatic carbocycles. The van der Waals surface area contributed by atoms with Crippen molar-refractivity contribution in [2.75, 3.05) is 19.8 Å². The SMILES string of the molecule is CCCNC(COCC)Cc1cc(C)nn1C. The van der Waals surface area contributed by atoms with Crippen molar-refractivity contribution in [3.63, 3.8) is 0 Å². The predicted molar refractivity (Wildman–Crippen MR) is 70.2 cm³/mol. The van der Waals surface area contributed by atoms with Gasteiger partial charge in [0.25, 0.3) is 0 Å². The topological polar surface area (TPSA) is 39.1 Å². The standard InChI is InChI=1S/C13H25N3O/c1-5-7-14-12(10-17-6-2)9-13-8-11(3)15-16(13)4/h8,12,14H,5-7,9-10H2,1-4H3. The maximum absolute atomic E-state index is 5.52. The summed E-state index contributed by atoms with van der Waals surface area (Å²) >= 11 is 0. The van der Waals surface area contributed by atoms with Crippen molar-refractivity contribution in [3.8, 4) is 0 Å². The molecule has 4 heteroatoms. The lowest BCUT2D eigenvalue weighted by molar-refractivity contribution is 0.122. The molecule has 1 atom stereocenters. The van der Waals surface area contributed by atoms with E-state index in [4.69, 9.17) is 4.74 Å². The zero-order chi connectivity index (χ0) is 12.7. The van der Waals surface area contributed by atoms with E-state index in [-0.39, 0.29) is 0 Å². The van der Waals surface area contributed by atoms with Crippen LogP contribution < -0.4 is 5.32 Å². The molecule has 1 aromatic heterocycles. The van der Waals surface area contributed by atoms with Gasteiger partial charge in [0.15, 0.2) is 0 Å². The first-order chi connectivity index (χ1) is 8.17. The molecule has 0 amide bonds. The summed E-state index contributed by atoms with van der Waals surface area (Å²) in [6, 6.07) is 2.52. The molecule has 0 spiro atoms. The van der Waals surface area contributed by atoms with Gasteiger partial charge < -0.3 is 10.1 Å². The fraction of sp³-hybridized carbons (Fsp3) is 0.769. The van der Waals surface area contributed by atoms with Gasteiger partial charge in [0.2, 0.25) is 0 Å². The van der Waals surface area contributed by atoms with Crippen molar-refractivity contribution in [1.82, 2.24) is 15.1 Å². The first kappa shape index (κ1) is 14.2. The highest BCUT2D eigenvalue weighted by Gasteiger charge is 2.12. The van der Waals surface area contributed by atoms with E-state index in [1.165, 1.54) is 5.69 Å². The quantitative estimate of drug-likeness (QED) is 0.750. The lowest BCUT2D eigenvalue weighted by atomic mass is 10.1. The van der Waals surface area contributed by atoms with Crippen molar-refractivity contribution in [2.45, 2.75) is 39.7 Å². The summed E-state index contributed by atoms with van der Waals surface area (Å²) in [5.74, 6) is 0. The molecule has 0 saturated heterocycles. The van der Waals surface area contributed by atoms with Gasteiger partial charge in [0.05, 0.1) is 12.3 Å². The highest BCUT2D eigenvalue weighted by atomic mass is 16.5. The Morgan fingerprint density at radius 2 is 2.24 bits per heavy atom. The van der Waals surface area contributed by atoms with Crippen LogP contribution in [0.2, 0.25) is 0 Å². The average molecular weight is 239 g/mol. The van der Waals surface area contributed by atoms with E-state index in [0.29, 0.717) is 6.04 Å². The highest BCUT2D eigenvalue weighted by molar-refractivity contribution is 5.10. The second kappa shape index (κ2) is 7.45. The Kier molecular flexibility index (Phi) is 6.22. The Balaban J connectivity index is 2.54. The van der Waals surface area contributed by atoms with Crippen LogP contribution in [0.1, 0.15) is 31.7 Å². The molecule has 0 radical (unpaired) electrons. The molecule has 0 fully saturated rings. The molecule has 0 aliphatic carbocycles. The Morgan fingerprint density at radius 3 is 2.76 bits per heavy atom. The van der Waals surface area contributed by atoms with Gasteiger partial charge in [-0.25, -0.2) is 0 Å². The van der Waals surface area contributed by atoms with Gasteiger partial charge in [-0.05, 0) is 32.9 Å². The molecule has 1 N–H and O–H groups in total. The van der Waals surface area contributed by atoms with Crippen LogP contribution in [-0.2, 0) is 18.2 Å². The third kappa shape index (κ3) is 4.88. The first-order valence-corrected chi connectivity index (χ1v) is 6.48. The van der Waals surface area contributed by atoms with E-state index in [0.717, 1.165) is 38.3 Å². The lowest BCUT2D eigenvalue weighted by Gasteiger charge is -2.18. The molecule has 0 saturated carbocycles. The van der Waals surface area contributed by atoms with E-state index >= 15 is 0 Å². The highest BCUT2D eigenvalue weighted by Crippen LogP contribution is 2.06. The second-order valence-corrected chi connectivity index (χ2v) is 4.42. The lowest BCUT2D eigenvalue weighted by Crippen LogP contribution is -2.36. The van der Waals surface area contributed by atoms with Gasteiger partial charge in [-0.15, -0.1) is 0 Å². The number of nitrogens with zero attached hydrogens (tertiary/aromatic N) is 2. The number of aryl methyl sites for hydroxylation is 2. The van der Waals surface area contributed by atoms with Gasteiger partial charge in [-0.2, -0.15) is 5.10 Å². The largest absolute Gasteiger partial charge is 0.380 e. The summed E-state index contributed by atoms with van der Waals surface area (Å²) in [5, 5.41) is 7.90. The maximum atomic E-state index is 5.52. The van der Waals surface area contributed by atoms with Crippen LogP contribution in [0.4, 0.5) is 0 Å². The van der Waals surface area contributed by atoms with Crippen LogP contribution in [0.3, 0.4) is 0 Å². The number of rotatable bonds is 8. The van der Waals surface area contributed by atoms with Crippen LogP contribution in [0.5, 0.6) is 0 Å². The zero-order valence-electron chi connectivity index (χ0n) is 11.5. The smallest absolute Gasteiger partial charge is 0.0623 e. The summed E-state index contributed by atoms with van der Waals surface area (Å²) in [4.78, 5) is 0. The van der Waals surface area contributed by atoms with Gasteiger partial charge >= 0.3 is 0 Å². The molecule has 0 aliphatic rings. The number of aromatic nitrogens is 2. The molecule has 1 heterocycles. The molecule has 98 valence electrons. The number of nitrogens with one attached hydrogen (secondary N) is 1. The minimum absolute atomic E-state index is 0.379. The number of hydrogen-bond acceptors (Lipinski definition) is 3. The van der Waals surface area contributed by atoms with E-state index in [1.807, 2.05) is 25.6 Å². The van der Waals surface area contributed by atoms with Gasteiger partial charge in [-0.3, -0.25) is 4.68 Å². The fourth-order valence-corrected chi connectivity index (χ4v) is 1.91. The van der Waals surface area contributed by atoms with Crippen molar-refractivity contribution in [2.24, 2.45) is 7.05 Å². The van der Waals surface area contributed by atoms with E-state index in [2.05, 4.69) is 23.4 Å². The molecular formula is C13H25N3O.